The molecule has 92 valence electrons. The number of anilines is 1. The van der Waals surface area contributed by atoms with Gasteiger partial charge in [-0.05, 0) is 17.9 Å². The summed E-state index contributed by atoms with van der Waals surface area (Å²) in [5.41, 5.74) is 6.42. The third-order valence-corrected chi connectivity index (χ3v) is 3.20. The highest BCUT2D eigenvalue weighted by Gasteiger charge is 2.27. The Morgan fingerprint density at radius 3 is 2.59 bits per heavy atom. The van der Waals surface area contributed by atoms with Crippen molar-refractivity contribution in [2.24, 2.45) is 11.7 Å². The highest BCUT2D eigenvalue weighted by Crippen LogP contribution is 2.21. The lowest BCUT2D eigenvalue weighted by molar-refractivity contribution is -0.121. The molecule has 5 heteroatoms. The highest BCUT2D eigenvalue weighted by molar-refractivity contribution is 5.78. The first-order valence-corrected chi connectivity index (χ1v) is 5.94. The molecular weight excluding hydrogens is 216 g/mol. The largest absolute Gasteiger partial charge is 0.369 e. The van der Waals surface area contributed by atoms with E-state index < -0.39 is 0 Å². The van der Waals surface area contributed by atoms with Crippen LogP contribution in [0.5, 0.6) is 0 Å². The Kier molecular flexibility index (Phi) is 3.26. The quantitative estimate of drug-likeness (QED) is 0.843. The van der Waals surface area contributed by atoms with Crippen molar-refractivity contribution in [2.75, 3.05) is 18.0 Å². The Morgan fingerprint density at radius 1 is 1.47 bits per heavy atom. The van der Waals surface area contributed by atoms with Crippen LogP contribution in [0.1, 0.15) is 31.7 Å². The smallest absolute Gasteiger partial charge is 0.225 e. The van der Waals surface area contributed by atoms with Crippen molar-refractivity contribution in [1.82, 2.24) is 9.97 Å². The van der Waals surface area contributed by atoms with Crippen LogP contribution in [-0.2, 0) is 4.79 Å². The Morgan fingerprint density at radius 2 is 2.12 bits per heavy atom. The van der Waals surface area contributed by atoms with E-state index in [1.54, 1.807) is 0 Å². The van der Waals surface area contributed by atoms with Gasteiger partial charge in [0.05, 0.1) is 5.92 Å². The molecule has 2 rings (SSSR count). The number of rotatable bonds is 3. The first-order chi connectivity index (χ1) is 8.08. The Labute approximate surface area is 101 Å². The molecule has 0 unspecified atom stereocenters. The van der Waals surface area contributed by atoms with Gasteiger partial charge in [0.1, 0.15) is 0 Å². The summed E-state index contributed by atoms with van der Waals surface area (Å²) >= 11 is 0. The van der Waals surface area contributed by atoms with E-state index in [0.29, 0.717) is 18.4 Å². The molecule has 1 aliphatic rings. The minimum absolute atomic E-state index is 0.0663. The standard InChI is InChI=1S/C12H18N4O/c1-8(2)10-5-14-12(15-6-10)16-4-3-9(7-16)11(13)17/h5-6,8-9H,3-4,7H2,1-2H3,(H2,13,17)/t9-/m0/s1. The predicted molar refractivity (Wildman–Crippen MR) is 65.6 cm³/mol. The molecular formula is C12H18N4O. The molecule has 1 atom stereocenters. The zero-order chi connectivity index (χ0) is 12.4. The van der Waals surface area contributed by atoms with Crippen LogP contribution in [0.2, 0.25) is 0 Å². The molecule has 0 bridgehead atoms. The molecule has 1 saturated heterocycles. The van der Waals surface area contributed by atoms with E-state index in [-0.39, 0.29) is 11.8 Å². The van der Waals surface area contributed by atoms with E-state index in [9.17, 15) is 4.79 Å². The second-order valence-electron chi connectivity index (χ2n) is 4.81. The fourth-order valence-electron chi connectivity index (χ4n) is 1.97. The van der Waals surface area contributed by atoms with Crippen LogP contribution in [0, 0.1) is 5.92 Å². The number of amides is 1. The normalized spacial score (nSPS) is 19.9. The van der Waals surface area contributed by atoms with Gasteiger partial charge in [-0.2, -0.15) is 0 Å². The molecule has 1 aromatic heterocycles. The summed E-state index contributed by atoms with van der Waals surface area (Å²) in [6.07, 6.45) is 4.50. The SMILES string of the molecule is CC(C)c1cnc(N2CC[C@H](C(N)=O)C2)nc1. The summed E-state index contributed by atoms with van der Waals surface area (Å²) in [5, 5.41) is 0. The molecule has 0 aromatic carbocycles. The molecule has 2 heterocycles. The van der Waals surface area contributed by atoms with Crippen molar-refractivity contribution in [2.45, 2.75) is 26.2 Å². The van der Waals surface area contributed by atoms with Gasteiger partial charge in [-0.25, -0.2) is 9.97 Å². The third kappa shape index (κ3) is 2.54. The maximum Gasteiger partial charge on any atom is 0.225 e. The van der Waals surface area contributed by atoms with E-state index in [1.807, 2.05) is 17.3 Å². The fourth-order valence-corrected chi connectivity index (χ4v) is 1.97. The van der Waals surface area contributed by atoms with Crippen LogP contribution in [0.25, 0.3) is 0 Å². The average Bonchev–Trinajstić information content (AvgIpc) is 2.78. The molecule has 0 spiro atoms. The minimum atomic E-state index is -0.230. The molecule has 1 aromatic rings. The summed E-state index contributed by atoms with van der Waals surface area (Å²) in [7, 11) is 0. The van der Waals surface area contributed by atoms with Crippen molar-refractivity contribution in [3.8, 4) is 0 Å². The van der Waals surface area contributed by atoms with Gasteiger partial charge in [0.15, 0.2) is 0 Å². The predicted octanol–water partition coefficient (Wildman–Crippen LogP) is 0.912. The number of aromatic nitrogens is 2. The molecule has 2 N–H and O–H groups in total. The molecule has 0 saturated carbocycles. The van der Waals surface area contributed by atoms with Crippen LogP contribution in [0.3, 0.4) is 0 Å². The van der Waals surface area contributed by atoms with Gasteiger partial charge in [-0.15, -0.1) is 0 Å². The van der Waals surface area contributed by atoms with Crippen LogP contribution in [-0.4, -0.2) is 29.0 Å². The van der Waals surface area contributed by atoms with Gasteiger partial charge in [0, 0.05) is 25.5 Å². The van der Waals surface area contributed by atoms with Crippen molar-refractivity contribution in [1.29, 1.82) is 0 Å². The van der Waals surface area contributed by atoms with E-state index in [1.165, 1.54) is 0 Å². The minimum Gasteiger partial charge on any atom is -0.369 e. The lowest BCUT2D eigenvalue weighted by Crippen LogP contribution is -2.28. The number of hydrogen-bond donors (Lipinski definition) is 1. The van der Waals surface area contributed by atoms with Crippen LogP contribution in [0.4, 0.5) is 5.95 Å². The van der Waals surface area contributed by atoms with Crippen molar-refractivity contribution in [3.05, 3.63) is 18.0 Å². The topological polar surface area (TPSA) is 72.1 Å². The second kappa shape index (κ2) is 4.69. The highest BCUT2D eigenvalue weighted by atomic mass is 16.1. The lowest BCUT2D eigenvalue weighted by atomic mass is 10.1. The van der Waals surface area contributed by atoms with Crippen LogP contribution in [0.15, 0.2) is 12.4 Å². The third-order valence-electron chi connectivity index (χ3n) is 3.20. The number of carbonyl (C=O) groups is 1. The molecule has 17 heavy (non-hydrogen) atoms. The zero-order valence-corrected chi connectivity index (χ0v) is 10.3. The molecule has 0 radical (unpaired) electrons. The molecule has 0 aliphatic carbocycles. The van der Waals surface area contributed by atoms with Gasteiger partial charge in [-0.3, -0.25) is 4.79 Å². The Bertz CT molecular complexity index is 401. The zero-order valence-electron chi connectivity index (χ0n) is 10.3. The molecule has 1 fully saturated rings. The molecule has 1 aliphatic heterocycles. The van der Waals surface area contributed by atoms with Crippen molar-refractivity contribution >= 4 is 11.9 Å². The monoisotopic (exact) mass is 234 g/mol. The fraction of sp³-hybridized carbons (Fsp3) is 0.583. The van der Waals surface area contributed by atoms with Crippen LogP contribution < -0.4 is 10.6 Å². The van der Waals surface area contributed by atoms with E-state index in [0.717, 1.165) is 18.5 Å². The summed E-state index contributed by atoms with van der Waals surface area (Å²) in [4.78, 5) is 21.8. The lowest BCUT2D eigenvalue weighted by Gasteiger charge is -2.16. The molecule has 5 nitrogen and oxygen atoms in total. The van der Waals surface area contributed by atoms with Gasteiger partial charge >= 0.3 is 0 Å². The van der Waals surface area contributed by atoms with E-state index in [4.69, 9.17) is 5.73 Å². The Balaban J connectivity index is 2.06. The van der Waals surface area contributed by atoms with E-state index in [2.05, 4.69) is 23.8 Å². The average molecular weight is 234 g/mol. The van der Waals surface area contributed by atoms with Gasteiger partial charge in [0.25, 0.3) is 0 Å². The first-order valence-electron chi connectivity index (χ1n) is 5.94. The summed E-state index contributed by atoms with van der Waals surface area (Å²) in [6.45, 7) is 5.65. The van der Waals surface area contributed by atoms with Crippen molar-refractivity contribution in [3.63, 3.8) is 0 Å². The number of nitrogens with two attached hydrogens (primary N) is 1. The maximum absolute atomic E-state index is 11.1. The second-order valence-corrected chi connectivity index (χ2v) is 4.81. The molecule has 1 amide bonds. The van der Waals surface area contributed by atoms with Gasteiger partial charge < -0.3 is 10.6 Å². The van der Waals surface area contributed by atoms with Crippen molar-refractivity contribution < 1.29 is 4.79 Å². The number of primary amides is 1. The number of nitrogens with zero attached hydrogens (tertiary/aromatic N) is 3. The van der Waals surface area contributed by atoms with Crippen LogP contribution >= 0.6 is 0 Å². The summed E-state index contributed by atoms with van der Waals surface area (Å²) in [6, 6.07) is 0. The first kappa shape index (κ1) is 11.8. The number of hydrogen-bond acceptors (Lipinski definition) is 4. The Hall–Kier alpha value is -1.65. The number of carbonyl (C=O) groups excluding carboxylic acids is 1. The van der Waals surface area contributed by atoms with E-state index >= 15 is 0 Å². The summed E-state index contributed by atoms with van der Waals surface area (Å²) in [5.74, 6) is 0.828. The maximum atomic E-state index is 11.1. The van der Waals surface area contributed by atoms with Gasteiger partial charge in [0.2, 0.25) is 11.9 Å². The van der Waals surface area contributed by atoms with Gasteiger partial charge in [-0.1, -0.05) is 13.8 Å². The summed E-state index contributed by atoms with van der Waals surface area (Å²) < 4.78 is 0.